The number of hydrogen-bond donors (Lipinski definition) is 2. The monoisotopic (exact) mass is 313 g/mol. The molecule has 1 aromatic rings. The highest BCUT2D eigenvalue weighted by Crippen LogP contribution is 2.56. The van der Waals surface area contributed by atoms with Crippen LogP contribution in [-0.2, 0) is 0 Å². The highest BCUT2D eigenvalue weighted by Gasteiger charge is 2.44. The van der Waals surface area contributed by atoms with Crippen molar-refractivity contribution in [1.29, 1.82) is 0 Å². The second kappa shape index (κ2) is 6.68. The highest BCUT2D eigenvalue weighted by atomic mass is 16.3. The second-order valence-electron chi connectivity index (χ2n) is 7.47. The molecule has 0 heterocycles. The molecular weight excluding hydrogens is 282 g/mol. The Balaban J connectivity index is 2.12. The summed E-state index contributed by atoms with van der Waals surface area (Å²) >= 11 is 0. The van der Waals surface area contributed by atoms with Crippen LogP contribution < -0.4 is 5.32 Å². The lowest BCUT2D eigenvalue weighted by atomic mass is 9.77. The molecule has 1 fully saturated rings. The summed E-state index contributed by atoms with van der Waals surface area (Å²) in [5.74, 6) is 2.01. The van der Waals surface area contributed by atoms with Crippen molar-refractivity contribution in [1.82, 2.24) is 5.32 Å². The normalized spacial score (nSPS) is 27.3. The number of phenols is 1. The molecule has 0 bridgehead atoms. The quantitative estimate of drug-likeness (QED) is 0.721. The molecule has 4 atom stereocenters. The van der Waals surface area contributed by atoms with Crippen molar-refractivity contribution < 1.29 is 5.11 Å². The summed E-state index contributed by atoms with van der Waals surface area (Å²) in [5.41, 5.74) is 5.05. The summed E-state index contributed by atoms with van der Waals surface area (Å²) in [6.45, 7) is 11.5. The standard InChI is InChI=1S/C21H31NO/c1-5-11-22-20-16-10-8-7-9-15(16)18-14(4)12-17(13(3)6-2)21(23)19(18)20/h6,12-13,15-16,20,22-23H,2,5,7-11H2,1,3-4H3. The molecule has 2 aliphatic rings. The molecule has 2 heteroatoms. The Hall–Kier alpha value is -1.28. The molecule has 0 spiro atoms. The number of allylic oxidation sites excluding steroid dienone is 1. The molecule has 0 radical (unpaired) electrons. The van der Waals surface area contributed by atoms with Gasteiger partial charge in [-0.2, -0.15) is 0 Å². The van der Waals surface area contributed by atoms with Crippen molar-refractivity contribution in [2.75, 3.05) is 6.54 Å². The van der Waals surface area contributed by atoms with Crippen LogP contribution in [0.2, 0.25) is 0 Å². The Morgan fingerprint density at radius 3 is 2.78 bits per heavy atom. The first-order chi connectivity index (χ1) is 11.1. The molecule has 126 valence electrons. The van der Waals surface area contributed by atoms with E-state index in [2.05, 4.69) is 38.7 Å². The molecule has 2 N–H and O–H groups in total. The van der Waals surface area contributed by atoms with Crippen LogP contribution in [0.25, 0.3) is 0 Å². The van der Waals surface area contributed by atoms with Crippen LogP contribution in [0.15, 0.2) is 18.7 Å². The molecule has 2 nitrogen and oxygen atoms in total. The van der Waals surface area contributed by atoms with Crippen molar-refractivity contribution in [3.63, 3.8) is 0 Å². The minimum Gasteiger partial charge on any atom is -0.507 e. The predicted molar refractivity (Wildman–Crippen MR) is 97.2 cm³/mol. The number of benzene rings is 1. The Kier molecular flexibility index (Phi) is 4.82. The molecule has 1 aromatic carbocycles. The fourth-order valence-corrected chi connectivity index (χ4v) is 4.84. The van der Waals surface area contributed by atoms with Crippen LogP contribution in [0.1, 0.15) is 86.1 Å². The van der Waals surface area contributed by atoms with E-state index in [0.29, 0.717) is 23.6 Å². The lowest BCUT2D eigenvalue weighted by Crippen LogP contribution is -2.28. The van der Waals surface area contributed by atoms with Gasteiger partial charge in [0, 0.05) is 23.1 Å². The Morgan fingerprint density at radius 2 is 2.09 bits per heavy atom. The zero-order chi connectivity index (χ0) is 16.6. The van der Waals surface area contributed by atoms with Gasteiger partial charge in [-0.1, -0.05) is 38.8 Å². The minimum absolute atomic E-state index is 0.188. The minimum atomic E-state index is 0.188. The van der Waals surface area contributed by atoms with E-state index >= 15 is 0 Å². The SMILES string of the molecule is C=CC(C)c1cc(C)c2c(c1O)C(NCCC)C1CCCCC21. The van der Waals surface area contributed by atoms with Gasteiger partial charge in [-0.05, 0) is 55.7 Å². The van der Waals surface area contributed by atoms with E-state index in [0.717, 1.165) is 18.5 Å². The number of aromatic hydroxyl groups is 1. The third-order valence-electron chi connectivity index (χ3n) is 6.00. The number of fused-ring (bicyclic) bond motifs is 3. The van der Waals surface area contributed by atoms with Crippen molar-refractivity contribution in [3.05, 3.63) is 41.0 Å². The van der Waals surface area contributed by atoms with Crippen LogP contribution in [0, 0.1) is 12.8 Å². The van der Waals surface area contributed by atoms with Crippen LogP contribution in [-0.4, -0.2) is 11.7 Å². The topological polar surface area (TPSA) is 32.3 Å². The lowest BCUT2D eigenvalue weighted by molar-refractivity contribution is 0.261. The zero-order valence-electron chi connectivity index (χ0n) is 14.9. The average molecular weight is 313 g/mol. The van der Waals surface area contributed by atoms with Gasteiger partial charge in [-0.3, -0.25) is 0 Å². The highest BCUT2D eigenvalue weighted by molar-refractivity contribution is 5.57. The Morgan fingerprint density at radius 1 is 1.35 bits per heavy atom. The third kappa shape index (κ3) is 2.71. The summed E-state index contributed by atoms with van der Waals surface area (Å²) in [4.78, 5) is 0. The maximum Gasteiger partial charge on any atom is 0.124 e. The predicted octanol–water partition coefficient (Wildman–Crippen LogP) is 5.32. The van der Waals surface area contributed by atoms with Gasteiger partial charge in [-0.25, -0.2) is 0 Å². The second-order valence-corrected chi connectivity index (χ2v) is 7.47. The van der Waals surface area contributed by atoms with Gasteiger partial charge in [0.2, 0.25) is 0 Å². The Labute approximate surface area is 141 Å². The maximum atomic E-state index is 11.1. The van der Waals surface area contributed by atoms with Gasteiger partial charge in [0.05, 0.1) is 0 Å². The Bertz CT molecular complexity index is 592. The smallest absolute Gasteiger partial charge is 0.124 e. The number of phenolic OH excluding ortho intramolecular Hbond substituents is 1. The summed E-state index contributed by atoms with van der Waals surface area (Å²) in [5, 5.41) is 14.8. The molecule has 0 saturated heterocycles. The van der Waals surface area contributed by atoms with Crippen molar-refractivity contribution >= 4 is 0 Å². The van der Waals surface area contributed by atoms with E-state index in [1.165, 1.54) is 42.4 Å². The van der Waals surface area contributed by atoms with E-state index in [9.17, 15) is 5.11 Å². The van der Waals surface area contributed by atoms with Crippen LogP contribution in [0.5, 0.6) is 5.75 Å². The number of rotatable bonds is 5. The number of nitrogens with one attached hydrogen (secondary N) is 1. The first kappa shape index (κ1) is 16.6. The zero-order valence-corrected chi connectivity index (χ0v) is 14.9. The first-order valence-electron chi connectivity index (χ1n) is 9.32. The fourth-order valence-electron chi connectivity index (χ4n) is 4.84. The number of aryl methyl sites for hydroxylation is 1. The van der Waals surface area contributed by atoms with E-state index in [1.807, 2.05) is 6.08 Å². The summed E-state index contributed by atoms with van der Waals surface area (Å²) in [6, 6.07) is 2.53. The molecule has 23 heavy (non-hydrogen) atoms. The molecule has 3 rings (SSSR count). The summed E-state index contributed by atoms with van der Waals surface area (Å²) < 4.78 is 0. The molecule has 4 unspecified atom stereocenters. The van der Waals surface area contributed by atoms with Crippen molar-refractivity contribution in [3.8, 4) is 5.75 Å². The van der Waals surface area contributed by atoms with Crippen molar-refractivity contribution in [2.24, 2.45) is 5.92 Å². The lowest BCUT2D eigenvalue weighted by Gasteiger charge is -2.30. The molecule has 1 saturated carbocycles. The van der Waals surface area contributed by atoms with Crippen LogP contribution in [0.4, 0.5) is 0 Å². The van der Waals surface area contributed by atoms with E-state index in [1.54, 1.807) is 0 Å². The number of hydrogen-bond acceptors (Lipinski definition) is 2. The van der Waals surface area contributed by atoms with Gasteiger partial charge in [0.15, 0.2) is 0 Å². The van der Waals surface area contributed by atoms with Gasteiger partial charge >= 0.3 is 0 Å². The van der Waals surface area contributed by atoms with E-state index in [-0.39, 0.29) is 5.92 Å². The molecular formula is C21H31NO. The van der Waals surface area contributed by atoms with Gasteiger partial charge in [0.1, 0.15) is 5.75 Å². The van der Waals surface area contributed by atoms with Gasteiger partial charge in [-0.15, -0.1) is 6.58 Å². The van der Waals surface area contributed by atoms with Gasteiger partial charge in [0.25, 0.3) is 0 Å². The summed E-state index contributed by atoms with van der Waals surface area (Å²) in [6.07, 6.45) is 8.27. The molecule has 2 aliphatic carbocycles. The van der Waals surface area contributed by atoms with Crippen LogP contribution >= 0.6 is 0 Å². The maximum absolute atomic E-state index is 11.1. The molecule has 0 aromatic heterocycles. The van der Waals surface area contributed by atoms with E-state index in [4.69, 9.17) is 0 Å². The van der Waals surface area contributed by atoms with Crippen LogP contribution in [0.3, 0.4) is 0 Å². The van der Waals surface area contributed by atoms with Gasteiger partial charge < -0.3 is 10.4 Å². The van der Waals surface area contributed by atoms with E-state index < -0.39 is 0 Å². The fraction of sp³-hybridized carbons (Fsp3) is 0.619. The average Bonchev–Trinajstić information content (AvgIpc) is 2.90. The third-order valence-corrected chi connectivity index (χ3v) is 6.00. The van der Waals surface area contributed by atoms with Crippen molar-refractivity contribution in [2.45, 2.75) is 70.8 Å². The molecule has 0 amide bonds. The first-order valence-corrected chi connectivity index (χ1v) is 9.32. The summed E-state index contributed by atoms with van der Waals surface area (Å²) in [7, 11) is 0. The largest absolute Gasteiger partial charge is 0.507 e. The molecule has 0 aliphatic heterocycles.